The van der Waals surface area contributed by atoms with Gasteiger partial charge in [-0.3, -0.25) is 4.79 Å². The van der Waals surface area contributed by atoms with Crippen molar-refractivity contribution >= 4 is 0 Å². The molecule has 0 unspecified atom stereocenters. The van der Waals surface area contributed by atoms with Gasteiger partial charge in [-0.05, 0) is 18.2 Å². The maximum Gasteiger partial charge on any atom is 0.264 e. The molecule has 88 valence electrons. The zero-order valence-corrected chi connectivity index (χ0v) is 9.32. The number of aromatic amines is 1. The van der Waals surface area contributed by atoms with Crippen LogP contribution in [0.3, 0.4) is 0 Å². The number of nitrogens with one attached hydrogen (secondary N) is 1. The first kappa shape index (κ1) is 10.4. The molecule has 6 nitrogen and oxygen atoms in total. The fraction of sp³-hybridized carbons (Fsp3) is 0. The smallest absolute Gasteiger partial charge is 0.264 e. The number of rotatable bonds is 2. The molecule has 0 spiro atoms. The lowest BCUT2D eigenvalue weighted by molar-refractivity contribution is 0.879. The zero-order valence-electron chi connectivity index (χ0n) is 9.32. The molecule has 0 aliphatic rings. The highest BCUT2D eigenvalue weighted by Gasteiger charge is 2.01. The van der Waals surface area contributed by atoms with Gasteiger partial charge in [-0.2, -0.15) is 10.2 Å². The van der Waals surface area contributed by atoms with Crippen LogP contribution in [0.5, 0.6) is 0 Å². The Morgan fingerprint density at radius 1 is 1.06 bits per heavy atom. The van der Waals surface area contributed by atoms with E-state index in [0.717, 1.165) is 16.9 Å². The highest BCUT2D eigenvalue weighted by atomic mass is 16.1. The van der Waals surface area contributed by atoms with Crippen LogP contribution >= 0.6 is 0 Å². The van der Waals surface area contributed by atoms with Crippen molar-refractivity contribution in [3.63, 3.8) is 0 Å². The van der Waals surface area contributed by atoms with Gasteiger partial charge in [-0.25, -0.2) is 14.8 Å². The van der Waals surface area contributed by atoms with Gasteiger partial charge < -0.3 is 0 Å². The van der Waals surface area contributed by atoms with Crippen molar-refractivity contribution in [2.45, 2.75) is 0 Å². The fourth-order valence-corrected chi connectivity index (χ4v) is 1.63. The molecular formula is C12H9N5O. The summed E-state index contributed by atoms with van der Waals surface area (Å²) in [5.41, 5.74) is 2.36. The largest absolute Gasteiger partial charge is 0.268 e. The Bertz CT molecular complexity index is 680. The number of H-pyrrole nitrogens is 1. The van der Waals surface area contributed by atoms with Crippen LogP contribution in [0.15, 0.2) is 53.8 Å². The van der Waals surface area contributed by atoms with E-state index in [-0.39, 0.29) is 5.56 Å². The first-order valence-electron chi connectivity index (χ1n) is 5.34. The number of hydrogen-bond acceptors (Lipinski definition) is 4. The summed E-state index contributed by atoms with van der Waals surface area (Å²) in [6, 6.07) is 10.8. The standard InChI is InChI=1S/C12H9N5O/c18-12-6-5-11(15-16-12)9-1-3-10(4-2-9)17-8-13-7-14-17/h1-8H,(H,16,18). The van der Waals surface area contributed by atoms with Gasteiger partial charge in [0.1, 0.15) is 12.7 Å². The summed E-state index contributed by atoms with van der Waals surface area (Å²) in [6.45, 7) is 0. The maximum absolute atomic E-state index is 10.9. The van der Waals surface area contributed by atoms with Crippen molar-refractivity contribution < 1.29 is 0 Å². The molecule has 18 heavy (non-hydrogen) atoms. The number of aromatic nitrogens is 5. The summed E-state index contributed by atoms with van der Waals surface area (Å²) in [7, 11) is 0. The lowest BCUT2D eigenvalue weighted by Gasteiger charge is -2.02. The molecule has 1 N–H and O–H groups in total. The summed E-state index contributed by atoms with van der Waals surface area (Å²) >= 11 is 0. The second kappa shape index (κ2) is 4.25. The lowest BCUT2D eigenvalue weighted by atomic mass is 10.1. The predicted octanol–water partition coefficient (Wildman–Crippen LogP) is 1.02. The Morgan fingerprint density at radius 3 is 2.50 bits per heavy atom. The Kier molecular flexibility index (Phi) is 2.45. The van der Waals surface area contributed by atoms with Crippen LogP contribution in [0.4, 0.5) is 0 Å². The zero-order chi connectivity index (χ0) is 12.4. The first-order valence-corrected chi connectivity index (χ1v) is 5.34. The van der Waals surface area contributed by atoms with E-state index in [9.17, 15) is 4.79 Å². The molecule has 0 aliphatic carbocycles. The quantitative estimate of drug-likeness (QED) is 0.724. The van der Waals surface area contributed by atoms with Gasteiger partial charge in [0.2, 0.25) is 0 Å². The number of hydrogen-bond donors (Lipinski definition) is 1. The molecule has 0 radical (unpaired) electrons. The van der Waals surface area contributed by atoms with E-state index in [2.05, 4.69) is 20.3 Å². The molecule has 6 heteroatoms. The average Bonchev–Trinajstić information content (AvgIpc) is 2.94. The highest BCUT2D eigenvalue weighted by molar-refractivity contribution is 5.59. The van der Waals surface area contributed by atoms with Crippen LogP contribution in [0.25, 0.3) is 16.9 Å². The Hall–Kier alpha value is -2.76. The Balaban J connectivity index is 1.96. The Morgan fingerprint density at radius 2 is 1.89 bits per heavy atom. The third-order valence-corrected chi connectivity index (χ3v) is 2.53. The van der Waals surface area contributed by atoms with Crippen LogP contribution in [0.1, 0.15) is 0 Å². The van der Waals surface area contributed by atoms with Gasteiger partial charge in [0.25, 0.3) is 5.56 Å². The monoisotopic (exact) mass is 239 g/mol. The molecule has 0 fully saturated rings. The molecule has 2 heterocycles. The molecule has 0 aliphatic heterocycles. The molecule has 0 saturated heterocycles. The third-order valence-electron chi connectivity index (χ3n) is 2.53. The van der Waals surface area contributed by atoms with Crippen molar-refractivity contribution in [1.82, 2.24) is 25.0 Å². The summed E-state index contributed by atoms with van der Waals surface area (Å²) in [5, 5.41) is 10.4. The van der Waals surface area contributed by atoms with Crippen molar-refractivity contribution in [2.24, 2.45) is 0 Å². The van der Waals surface area contributed by atoms with Crippen LogP contribution < -0.4 is 5.56 Å². The highest BCUT2D eigenvalue weighted by Crippen LogP contribution is 2.17. The molecule has 1 aromatic carbocycles. The SMILES string of the molecule is O=c1ccc(-c2ccc(-n3cncn3)cc2)n[nH]1. The molecular weight excluding hydrogens is 230 g/mol. The van der Waals surface area contributed by atoms with E-state index in [1.165, 1.54) is 12.4 Å². The van der Waals surface area contributed by atoms with Gasteiger partial charge in [-0.15, -0.1) is 0 Å². The molecule has 0 bridgehead atoms. The Labute approximate surface area is 102 Å². The molecule has 3 rings (SSSR count). The van der Waals surface area contributed by atoms with E-state index >= 15 is 0 Å². The van der Waals surface area contributed by atoms with Crippen LogP contribution in [-0.4, -0.2) is 25.0 Å². The molecule has 0 saturated carbocycles. The van der Waals surface area contributed by atoms with Crippen LogP contribution in [0, 0.1) is 0 Å². The summed E-state index contributed by atoms with van der Waals surface area (Å²) in [6.07, 6.45) is 3.12. The van der Waals surface area contributed by atoms with Gasteiger partial charge in [0.05, 0.1) is 11.4 Å². The summed E-state index contributed by atoms with van der Waals surface area (Å²) in [4.78, 5) is 14.8. The number of nitrogens with zero attached hydrogens (tertiary/aromatic N) is 4. The van der Waals surface area contributed by atoms with E-state index < -0.39 is 0 Å². The topological polar surface area (TPSA) is 76.5 Å². The summed E-state index contributed by atoms with van der Waals surface area (Å²) in [5.74, 6) is 0. The van der Waals surface area contributed by atoms with Crippen molar-refractivity contribution in [3.05, 3.63) is 59.4 Å². The normalized spacial score (nSPS) is 10.4. The molecule has 2 aromatic heterocycles. The molecule has 3 aromatic rings. The van der Waals surface area contributed by atoms with E-state index in [0.29, 0.717) is 0 Å². The fourth-order valence-electron chi connectivity index (χ4n) is 1.63. The van der Waals surface area contributed by atoms with Crippen molar-refractivity contribution in [2.75, 3.05) is 0 Å². The minimum Gasteiger partial charge on any atom is -0.268 e. The van der Waals surface area contributed by atoms with Gasteiger partial charge >= 0.3 is 0 Å². The predicted molar refractivity (Wildman–Crippen MR) is 65.2 cm³/mol. The molecule has 0 amide bonds. The van der Waals surface area contributed by atoms with Crippen LogP contribution in [-0.2, 0) is 0 Å². The minimum absolute atomic E-state index is 0.210. The average molecular weight is 239 g/mol. The van der Waals surface area contributed by atoms with Gasteiger partial charge in [-0.1, -0.05) is 12.1 Å². The summed E-state index contributed by atoms with van der Waals surface area (Å²) < 4.78 is 1.67. The minimum atomic E-state index is -0.210. The van der Waals surface area contributed by atoms with E-state index in [1.54, 1.807) is 17.1 Å². The second-order valence-electron chi connectivity index (χ2n) is 3.69. The number of benzene rings is 1. The second-order valence-corrected chi connectivity index (χ2v) is 3.69. The first-order chi connectivity index (χ1) is 8.83. The molecule has 0 atom stereocenters. The van der Waals surface area contributed by atoms with Crippen molar-refractivity contribution in [1.29, 1.82) is 0 Å². The van der Waals surface area contributed by atoms with Crippen LogP contribution in [0.2, 0.25) is 0 Å². The van der Waals surface area contributed by atoms with E-state index in [4.69, 9.17) is 0 Å². The van der Waals surface area contributed by atoms with Gasteiger partial charge in [0, 0.05) is 11.6 Å². The van der Waals surface area contributed by atoms with E-state index in [1.807, 2.05) is 24.3 Å². The van der Waals surface area contributed by atoms with Gasteiger partial charge in [0.15, 0.2) is 0 Å². The lowest BCUT2D eigenvalue weighted by Crippen LogP contribution is -2.05. The van der Waals surface area contributed by atoms with Crippen molar-refractivity contribution in [3.8, 4) is 16.9 Å². The maximum atomic E-state index is 10.9. The third kappa shape index (κ3) is 1.91.